The van der Waals surface area contributed by atoms with E-state index in [-0.39, 0.29) is 5.91 Å². The summed E-state index contributed by atoms with van der Waals surface area (Å²) in [6.07, 6.45) is 4.73. The Hall–Kier alpha value is -3.99. The molecule has 2 heterocycles. The second kappa shape index (κ2) is 6.63. The van der Waals surface area contributed by atoms with Crippen LogP contribution in [0.4, 0.5) is 5.69 Å². The molecular weight excluding hydrogens is 350 g/mol. The molecule has 0 atom stereocenters. The van der Waals surface area contributed by atoms with E-state index in [0.717, 1.165) is 21.7 Å². The van der Waals surface area contributed by atoms with Crippen LogP contribution in [0.5, 0.6) is 0 Å². The predicted octanol–water partition coefficient (Wildman–Crippen LogP) is 5.30. The fourth-order valence-electron chi connectivity index (χ4n) is 3.41. The summed E-state index contributed by atoms with van der Waals surface area (Å²) in [6, 6.07) is 21.2. The molecule has 0 saturated carbocycles. The Balaban J connectivity index is 1.57. The Morgan fingerprint density at radius 3 is 2.71 bits per heavy atom. The van der Waals surface area contributed by atoms with Gasteiger partial charge in [0, 0.05) is 22.8 Å². The zero-order valence-corrected chi connectivity index (χ0v) is 14.8. The number of hydrogen-bond acceptors (Lipinski definition) is 4. The van der Waals surface area contributed by atoms with E-state index in [4.69, 9.17) is 4.42 Å². The van der Waals surface area contributed by atoms with Crippen molar-refractivity contribution in [3.8, 4) is 11.3 Å². The molecule has 0 aliphatic carbocycles. The van der Waals surface area contributed by atoms with Gasteiger partial charge in [0.05, 0.1) is 17.3 Å². The van der Waals surface area contributed by atoms with E-state index in [1.165, 1.54) is 6.39 Å². The standard InChI is InChI=1S/C23H15N3O2/c27-23(26-17-7-3-6-16(11-17)21-13-24-14-28-21)20-12-15-5-1-2-8-18(15)19-9-4-10-25-22(19)20/h1-14H,(H,26,27). The molecule has 5 aromatic rings. The van der Waals surface area contributed by atoms with E-state index in [1.54, 1.807) is 12.4 Å². The molecule has 28 heavy (non-hydrogen) atoms. The fourth-order valence-corrected chi connectivity index (χ4v) is 3.41. The van der Waals surface area contributed by atoms with Crippen molar-refractivity contribution in [3.63, 3.8) is 0 Å². The number of nitrogens with zero attached hydrogens (tertiary/aromatic N) is 2. The summed E-state index contributed by atoms with van der Waals surface area (Å²) in [7, 11) is 0. The molecule has 0 radical (unpaired) electrons. The molecule has 1 N–H and O–H groups in total. The number of anilines is 1. The molecule has 2 aromatic heterocycles. The molecule has 5 rings (SSSR count). The average Bonchev–Trinajstić information content (AvgIpc) is 3.28. The van der Waals surface area contributed by atoms with Gasteiger partial charge in [0.15, 0.2) is 12.2 Å². The van der Waals surface area contributed by atoms with Crippen LogP contribution in [0.3, 0.4) is 0 Å². The third kappa shape index (κ3) is 2.79. The number of pyridine rings is 1. The van der Waals surface area contributed by atoms with Crippen LogP contribution in [0.1, 0.15) is 10.4 Å². The average molecular weight is 365 g/mol. The Morgan fingerprint density at radius 2 is 1.82 bits per heavy atom. The highest BCUT2D eigenvalue weighted by atomic mass is 16.3. The molecule has 1 amide bonds. The third-order valence-corrected chi connectivity index (χ3v) is 4.70. The summed E-state index contributed by atoms with van der Waals surface area (Å²) in [5.41, 5.74) is 2.75. The molecule has 0 spiro atoms. The maximum absolute atomic E-state index is 13.1. The summed E-state index contributed by atoms with van der Waals surface area (Å²) in [6.45, 7) is 0. The van der Waals surface area contributed by atoms with Crippen molar-refractivity contribution in [1.29, 1.82) is 0 Å². The predicted molar refractivity (Wildman–Crippen MR) is 109 cm³/mol. The third-order valence-electron chi connectivity index (χ3n) is 4.70. The summed E-state index contributed by atoms with van der Waals surface area (Å²) in [4.78, 5) is 21.5. The first-order valence-corrected chi connectivity index (χ1v) is 8.86. The van der Waals surface area contributed by atoms with Gasteiger partial charge in [0.25, 0.3) is 5.91 Å². The molecule has 0 saturated heterocycles. The number of amides is 1. The summed E-state index contributed by atoms with van der Waals surface area (Å²) < 4.78 is 5.34. The van der Waals surface area contributed by atoms with Crippen molar-refractivity contribution in [2.24, 2.45) is 0 Å². The van der Waals surface area contributed by atoms with Crippen molar-refractivity contribution in [1.82, 2.24) is 9.97 Å². The molecule has 0 aliphatic heterocycles. The molecule has 0 bridgehead atoms. The first kappa shape index (κ1) is 16.2. The largest absolute Gasteiger partial charge is 0.444 e. The smallest absolute Gasteiger partial charge is 0.257 e. The molecule has 3 aromatic carbocycles. The first-order chi connectivity index (χ1) is 13.8. The lowest BCUT2D eigenvalue weighted by Crippen LogP contribution is -2.13. The second-order valence-corrected chi connectivity index (χ2v) is 6.45. The number of hydrogen-bond donors (Lipinski definition) is 1. The number of rotatable bonds is 3. The zero-order valence-electron chi connectivity index (χ0n) is 14.8. The quantitative estimate of drug-likeness (QED) is 0.441. The van der Waals surface area contributed by atoms with Gasteiger partial charge in [0.1, 0.15) is 0 Å². The van der Waals surface area contributed by atoms with Gasteiger partial charge in [-0.05, 0) is 35.0 Å². The number of aromatic nitrogens is 2. The maximum atomic E-state index is 13.1. The van der Waals surface area contributed by atoms with Crippen molar-refractivity contribution in [2.45, 2.75) is 0 Å². The van der Waals surface area contributed by atoms with Gasteiger partial charge < -0.3 is 9.73 Å². The van der Waals surface area contributed by atoms with Crippen molar-refractivity contribution < 1.29 is 9.21 Å². The fraction of sp³-hybridized carbons (Fsp3) is 0. The van der Waals surface area contributed by atoms with Crippen LogP contribution in [-0.2, 0) is 0 Å². The van der Waals surface area contributed by atoms with Crippen LogP contribution in [-0.4, -0.2) is 15.9 Å². The van der Waals surface area contributed by atoms with E-state index in [1.807, 2.05) is 66.7 Å². The molecule has 0 fully saturated rings. The Kier molecular flexibility index (Phi) is 3.84. The highest BCUT2D eigenvalue weighted by molar-refractivity contribution is 6.18. The van der Waals surface area contributed by atoms with E-state index in [9.17, 15) is 4.79 Å². The number of oxazole rings is 1. The van der Waals surface area contributed by atoms with E-state index < -0.39 is 0 Å². The molecule has 134 valence electrons. The van der Waals surface area contributed by atoms with E-state index in [0.29, 0.717) is 22.5 Å². The van der Waals surface area contributed by atoms with Crippen LogP contribution in [0.25, 0.3) is 33.0 Å². The van der Waals surface area contributed by atoms with Crippen LogP contribution >= 0.6 is 0 Å². The van der Waals surface area contributed by atoms with E-state index >= 15 is 0 Å². The first-order valence-electron chi connectivity index (χ1n) is 8.86. The SMILES string of the molecule is O=C(Nc1cccc(-c2cnco2)c1)c1cc2ccccc2c2cccnc12. The molecule has 5 nitrogen and oxygen atoms in total. The minimum atomic E-state index is -0.204. The molecule has 0 aliphatic rings. The van der Waals surface area contributed by atoms with Gasteiger partial charge >= 0.3 is 0 Å². The van der Waals surface area contributed by atoms with Crippen LogP contribution in [0.2, 0.25) is 0 Å². The minimum Gasteiger partial charge on any atom is -0.444 e. The highest BCUT2D eigenvalue weighted by Gasteiger charge is 2.15. The molecule has 5 heteroatoms. The van der Waals surface area contributed by atoms with Crippen molar-refractivity contribution in [2.75, 3.05) is 5.32 Å². The van der Waals surface area contributed by atoms with Crippen LogP contribution in [0.15, 0.2) is 89.9 Å². The molecule has 0 unspecified atom stereocenters. The summed E-state index contributed by atoms with van der Waals surface area (Å²) >= 11 is 0. The van der Waals surface area contributed by atoms with Gasteiger partial charge in [-0.2, -0.15) is 0 Å². The monoisotopic (exact) mass is 365 g/mol. The van der Waals surface area contributed by atoms with Crippen LogP contribution in [0, 0.1) is 0 Å². The summed E-state index contributed by atoms with van der Waals surface area (Å²) in [5, 5.41) is 6.02. The number of carbonyl (C=O) groups excluding carboxylic acids is 1. The number of nitrogens with one attached hydrogen (secondary N) is 1. The van der Waals surface area contributed by atoms with E-state index in [2.05, 4.69) is 15.3 Å². The second-order valence-electron chi connectivity index (χ2n) is 6.45. The minimum absolute atomic E-state index is 0.204. The lowest BCUT2D eigenvalue weighted by atomic mass is 10.0. The topological polar surface area (TPSA) is 68.0 Å². The van der Waals surface area contributed by atoms with Gasteiger partial charge in [-0.1, -0.05) is 42.5 Å². The Bertz CT molecular complexity index is 1310. The lowest BCUT2D eigenvalue weighted by Gasteiger charge is -2.11. The lowest BCUT2D eigenvalue weighted by molar-refractivity contribution is 0.102. The van der Waals surface area contributed by atoms with Crippen LogP contribution < -0.4 is 5.32 Å². The summed E-state index contributed by atoms with van der Waals surface area (Å²) in [5.74, 6) is 0.443. The van der Waals surface area contributed by atoms with Crippen molar-refractivity contribution >= 4 is 33.3 Å². The highest BCUT2D eigenvalue weighted by Crippen LogP contribution is 2.28. The molecular formula is C23H15N3O2. The number of benzene rings is 3. The Labute approximate surface area is 160 Å². The normalized spacial score (nSPS) is 11.0. The Morgan fingerprint density at radius 1 is 0.929 bits per heavy atom. The van der Waals surface area contributed by atoms with Gasteiger partial charge in [-0.25, -0.2) is 4.98 Å². The van der Waals surface area contributed by atoms with Gasteiger partial charge in [-0.3, -0.25) is 9.78 Å². The maximum Gasteiger partial charge on any atom is 0.257 e. The van der Waals surface area contributed by atoms with Crippen molar-refractivity contribution in [3.05, 3.63) is 91.1 Å². The number of fused-ring (bicyclic) bond motifs is 3. The van der Waals surface area contributed by atoms with Gasteiger partial charge in [-0.15, -0.1) is 0 Å². The zero-order chi connectivity index (χ0) is 18.9. The number of carbonyl (C=O) groups is 1. The van der Waals surface area contributed by atoms with Gasteiger partial charge in [0.2, 0.25) is 0 Å².